The van der Waals surface area contributed by atoms with Gasteiger partial charge in [-0.3, -0.25) is 10.1 Å². The minimum Gasteiger partial charge on any atom is -0.506 e. The van der Waals surface area contributed by atoms with Gasteiger partial charge in [0.2, 0.25) is 0 Å². The summed E-state index contributed by atoms with van der Waals surface area (Å²) in [5, 5.41) is 15.6. The summed E-state index contributed by atoms with van der Waals surface area (Å²) in [7, 11) is 0. The first-order valence-corrected chi connectivity index (χ1v) is 10.4. The van der Waals surface area contributed by atoms with Crippen molar-refractivity contribution >= 4 is 44.9 Å². The number of amides is 1. The highest BCUT2D eigenvalue weighted by Gasteiger charge is 2.15. The molecule has 0 aliphatic carbocycles. The van der Waals surface area contributed by atoms with E-state index in [0.29, 0.717) is 17.4 Å². The van der Waals surface area contributed by atoms with Crippen LogP contribution in [-0.4, -0.2) is 16.1 Å². The van der Waals surface area contributed by atoms with E-state index < -0.39 is 5.91 Å². The Balaban J connectivity index is 1.67. The number of aromatic hydroxyl groups is 1. The topological polar surface area (TPSA) is 74.5 Å². The van der Waals surface area contributed by atoms with Gasteiger partial charge in [0.25, 0.3) is 5.91 Å². The number of carbonyl (C=O) groups is 1. The van der Waals surface area contributed by atoms with E-state index in [2.05, 4.69) is 40.4 Å². The summed E-state index contributed by atoms with van der Waals surface area (Å²) in [6.07, 6.45) is 0.977. The third-order valence-electron chi connectivity index (χ3n) is 4.64. The summed E-state index contributed by atoms with van der Waals surface area (Å²) < 4.78 is 6.61. The molecule has 0 aliphatic heterocycles. The maximum atomic E-state index is 12.4. The zero-order valence-corrected chi connectivity index (χ0v) is 18.4. The Kier molecular flexibility index (Phi) is 6.71. The van der Waals surface area contributed by atoms with Crippen LogP contribution in [0.2, 0.25) is 0 Å². The first-order valence-electron chi connectivity index (χ1n) is 9.18. The van der Waals surface area contributed by atoms with Gasteiger partial charge in [-0.05, 0) is 66.5 Å². The molecular formula is C22H21BrN2O3S. The smallest absolute Gasteiger partial charge is 0.293 e. The van der Waals surface area contributed by atoms with Crippen LogP contribution >= 0.6 is 28.1 Å². The number of furan rings is 1. The van der Waals surface area contributed by atoms with Crippen LogP contribution in [0.3, 0.4) is 0 Å². The molecule has 3 N–H and O–H groups in total. The molecule has 0 spiro atoms. The molecule has 0 fully saturated rings. The Morgan fingerprint density at radius 2 is 1.90 bits per heavy atom. The number of nitrogens with one attached hydrogen (secondary N) is 2. The van der Waals surface area contributed by atoms with Crippen LogP contribution in [0.5, 0.6) is 5.75 Å². The second kappa shape index (κ2) is 9.24. The minimum atomic E-state index is -0.469. The molecule has 1 aromatic heterocycles. The first kappa shape index (κ1) is 21.1. The Morgan fingerprint density at radius 3 is 2.59 bits per heavy atom. The molecule has 3 rings (SSSR count). The van der Waals surface area contributed by atoms with Gasteiger partial charge in [0.05, 0.1) is 5.69 Å². The molecule has 0 bridgehead atoms. The summed E-state index contributed by atoms with van der Waals surface area (Å²) in [5.41, 5.74) is 2.38. The highest BCUT2D eigenvalue weighted by Crippen LogP contribution is 2.29. The van der Waals surface area contributed by atoms with Crippen LogP contribution < -0.4 is 10.6 Å². The number of benzene rings is 2. The van der Waals surface area contributed by atoms with Crippen LogP contribution in [0.1, 0.15) is 42.3 Å². The Morgan fingerprint density at radius 1 is 1.17 bits per heavy atom. The number of thiocarbonyl (C=S) groups is 1. The molecule has 0 unspecified atom stereocenters. The molecule has 0 aliphatic rings. The van der Waals surface area contributed by atoms with Gasteiger partial charge < -0.3 is 14.8 Å². The lowest BCUT2D eigenvalue weighted by Gasteiger charge is -2.14. The summed E-state index contributed by atoms with van der Waals surface area (Å²) in [6.45, 7) is 4.21. The number of carbonyl (C=O) groups excluding carboxylic acids is 1. The standard InChI is InChI=1S/C22H21BrN2O3S/c1-3-13(2)15-6-9-18(26)17(12-15)24-22(29)25-21(27)20-11-10-19(28-20)14-4-7-16(23)8-5-14/h4-13,26H,3H2,1-2H3,(H2,24,25,27,29)/t13-/m1/s1. The van der Waals surface area contributed by atoms with Crippen molar-refractivity contribution in [3.63, 3.8) is 0 Å². The summed E-state index contributed by atoms with van der Waals surface area (Å²) in [5.74, 6) is 0.664. The fourth-order valence-corrected chi connectivity index (χ4v) is 3.21. The van der Waals surface area contributed by atoms with E-state index in [9.17, 15) is 9.90 Å². The van der Waals surface area contributed by atoms with Crippen LogP contribution in [0, 0.1) is 0 Å². The quantitative estimate of drug-likeness (QED) is 0.311. The highest BCUT2D eigenvalue weighted by molar-refractivity contribution is 9.10. The van der Waals surface area contributed by atoms with E-state index >= 15 is 0 Å². The van der Waals surface area contributed by atoms with Crippen molar-refractivity contribution < 1.29 is 14.3 Å². The predicted molar refractivity (Wildman–Crippen MR) is 122 cm³/mol. The lowest BCUT2D eigenvalue weighted by Crippen LogP contribution is -2.33. The van der Waals surface area contributed by atoms with Crippen LogP contribution in [0.25, 0.3) is 11.3 Å². The molecule has 1 atom stereocenters. The zero-order valence-electron chi connectivity index (χ0n) is 16.0. The Bertz CT molecular complexity index is 1030. The Hall–Kier alpha value is -2.64. The van der Waals surface area contributed by atoms with E-state index in [-0.39, 0.29) is 16.6 Å². The van der Waals surface area contributed by atoms with Gasteiger partial charge in [-0.1, -0.05) is 48.0 Å². The third kappa shape index (κ3) is 5.25. The maximum Gasteiger partial charge on any atom is 0.293 e. The van der Waals surface area contributed by atoms with E-state index in [1.165, 1.54) is 0 Å². The molecule has 3 aromatic rings. The fourth-order valence-electron chi connectivity index (χ4n) is 2.74. The zero-order chi connectivity index (χ0) is 21.0. The van der Waals surface area contributed by atoms with Crippen molar-refractivity contribution in [3.8, 4) is 17.1 Å². The molecule has 1 heterocycles. The SMILES string of the molecule is CC[C@@H](C)c1ccc(O)c(NC(=S)NC(=O)c2ccc(-c3ccc(Br)cc3)o2)c1. The molecule has 1 amide bonds. The average Bonchev–Trinajstić information content (AvgIpc) is 3.20. The molecule has 0 saturated heterocycles. The van der Waals surface area contributed by atoms with Gasteiger partial charge in [-0.2, -0.15) is 0 Å². The second-order valence-electron chi connectivity index (χ2n) is 6.66. The summed E-state index contributed by atoms with van der Waals surface area (Å²) >= 11 is 8.61. The number of phenols is 1. The minimum absolute atomic E-state index is 0.0594. The number of anilines is 1. The summed E-state index contributed by atoms with van der Waals surface area (Å²) in [6, 6.07) is 16.2. The van der Waals surface area contributed by atoms with Gasteiger partial charge in [-0.25, -0.2) is 0 Å². The lowest BCUT2D eigenvalue weighted by molar-refractivity contribution is 0.0951. The number of halogens is 1. The van der Waals surface area contributed by atoms with E-state index in [1.807, 2.05) is 36.4 Å². The van der Waals surface area contributed by atoms with Gasteiger partial charge in [0.15, 0.2) is 10.9 Å². The van der Waals surface area contributed by atoms with Crippen molar-refractivity contribution in [2.24, 2.45) is 0 Å². The molecular weight excluding hydrogens is 452 g/mol. The molecule has 0 saturated carbocycles. The number of rotatable bonds is 5. The van der Waals surface area contributed by atoms with Crippen LogP contribution in [0.15, 0.2) is 63.5 Å². The highest BCUT2D eigenvalue weighted by atomic mass is 79.9. The average molecular weight is 473 g/mol. The van der Waals surface area contributed by atoms with Crippen molar-refractivity contribution in [1.82, 2.24) is 5.32 Å². The van der Waals surface area contributed by atoms with Crippen molar-refractivity contribution in [2.75, 3.05) is 5.32 Å². The molecule has 29 heavy (non-hydrogen) atoms. The lowest BCUT2D eigenvalue weighted by atomic mass is 9.98. The maximum absolute atomic E-state index is 12.4. The van der Waals surface area contributed by atoms with Gasteiger partial charge >= 0.3 is 0 Å². The molecule has 2 aromatic carbocycles. The van der Waals surface area contributed by atoms with E-state index in [4.69, 9.17) is 16.6 Å². The van der Waals surface area contributed by atoms with Gasteiger partial charge in [0.1, 0.15) is 11.5 Å². The van der Waals surface area contributed by atoms with Crippen LogP contribution in [-0.2, 0) is 0 Å². The van der Waals surface area contributed by atoms with E-state index in [1.54, 1.807) is 18.2 Å². The van der Waals surface area contributed by atoms with Crippen molar-refractivity contribution in [1.29, 1.82) is 0 Å². The largest absolute Gasteiger partial charge is 0.506 e. The normalized spacial score (nSPS) is 11.7. The van der Waals surface area contributed by atoms with Crippen molar-refractivity contribution in [2.45, 2.75) is 26.2 Å². The molecule has 5 nitrogen and oxygen atoms in total. The van der Waals surface area contributed by atoms with Gasteiger partial charge in [0, 0.05) is 10.0 Å². The van der Waals surface area contributed by atoms with Gasteiger partial charge in [-0.15, -0.1) is 0 Å². The van der Waals surface area contributed by atoms with E-state index in [0.717, 1.165) is 22.0 Å². The molecule has 150 valence electrons. The number of hydrogen-bond acceptors (Lipinski definition) is 4. The second-order valence-corrected chi connectivity index (χ2v) is 7.99. The predicted octanol–water partition coefficient (Wildman–Crippen LogP) is 6.06. The molecule has 0 radical (unpaired) electrons. The summed E-state index contributed by atoms with van der Waals surface area (Å²) in [4.78, 5) is 12.4. The van der Waals surface area contributed by atoms with Crippen LogP contribution in [0.4, 0.5) is 5.69 Å². The monoisotopic (exact) mass is 472 g/mol. The number of hydrogen-bond donors (Lipinski definition) is 3. The fraction of sp³-hybridized carbons (Fsp3) is 0.182. The first-order chi connectivity index (χ1) is 13.9. The Labute approximate surface area is 183 Å². The third-order valence-corrected chi connectivity index (χ3v) is 5.37. The molecule has 7 heteroatoms. The number of phenolic OH excluding ortho intramolecular Hbond substituents is 1. The van der Waals surface area contributed by atoms with Crippen molar-refractivity contribution in [3.05, 3.63) is 70.4 Å².